The van der Waals surface area contributed by atoms with Gasteiger partial charge in [0.1, 0.15) is 0 Å². The van der Waals surface area contributed by atoms with Gasteiger partial charge in [-0.25, -0.2) is 0 Å². The first-order valence-corrected chi connectivity index (χ1v) is 8.35. The maximum absolute atomic E-state index is 12.6. The highest BCUT2D eigenvalue weighted by atomic mass is 16.3. The van der Waals surface area contributed by atoms with Crippen LogP contribution in [0.5, 0.6) is 11.5 Å². The molecule has 0 fully saturated rings. The monoisotopic (exact) mass is 355 g/mol. The molecule has 2 atom stereocenters. The Labute approximate surface area is 151 Å². The van der Waals surface area contributed by atoms with Crippen molar-refractivity contribution in [2.24, 2.45) is 5.92 Å². The van der Waals surface area contributed by atoms with Crippen LogP contribution in [0.4, 0.5) is 5.69 Å². The molecule has 1 heterocycles. The predicted octanol–water partition coefficient (Wildman–Crippen LogP) is 1.99. The van der Waals surface area contributed by atoms with Gasteiger partial charge in [-0.3, -0.25) is 4.79 Å². The molecule has 26 heavy (non-hydrogen) atoms. The van der Waals surface area contributed by atoms with Crippen molar-refractivity contribution in [1.29, 1.82) is 0 Å². The van der Waals surface area contributed by atoms with E-state index in [-0.39, 0.29) is 36.4 Å². The van der Waals surface area contributed by atoms with Gasteiger partial charge in [0.25, 0.3) is 0 Å². The Morgan fingerprint density at radius 2 is 1.96 bits per heavy atom. The molecule has 5 N–H and O–H groups in total. The number of aromatic hydroxyl groups is 2. The van der Waals surface area contributed by atoms with Crippen LogP contribution in [0.2, 0.25) is 0 Å². The van der Waals surface area contributed by atoms with E-state index in [0.29, 0.717) is 12.1 Å². The first kappa shape index (κ1) is 18.0. The molecular weight excluding hydrogens is 334 g/mol. The highest BCUT2D eigenvalue weighted by Crippen LogP contribution is 2.37. The lowest BCUT2D eigenvalue weighted by Gasteiger charge is -2.19. The van der Waals surface area contributed by atoms with Crippen molar-refractivity contribution >= 4 is 17.5 Å². The SMILES string of the molecule is O=C(/C=C/c1ccc(O)c(O)c1)C(CO)C1CNc2ccc(CO)cc21. The third-order valence-corrected chi connectivity index (χ3v) is 4.70. The zero-order valence-electron chi connectivity index (χ0n) is 14.1. The van der Waals surface area contributed by atoms with E-state index in [1.807, 2.05) is 18.2 Å². The number of ketones is 1. The summed E-state index contributed by atoms with van der Waals surface area (Å²) in [5, 5.41) is 41.2. The van der Waals surface area contributed by atoms with Crippen LogP contribution in [0.1, 0.15) is 22.6 Å². The van der Waals surface area contributed by atoms with E-state index in [9.17, 15) is 25.2 Å². The fourth-order valence-electron chi connectivity index (χ4n) is 3.23. The molecule has 6 nitrogen and oxygen atoms in total. The average Bonchev–Trinajstić information content (AvgIpc) is 3.06. The number of carbonyl (C=O) groups excluding carboxylic acids is 1. The Kier molecular flexibility index (Phi) is 5.25. The van der Waals surface area contributed by atoms with Gasteiger partial charge in [0.05, 0.1) is 19.1 Å². The minimum Gasteiger partial charge on any atom is -0.504 e. The summed E-state index contributed by atoms with van der Waals surface area (Å²) in [4.78, 5) is 12.6. The normalized spacial score (nSPS) is 17.1. The van der Waals surface area contributed by atoms with Gasteiger partial charge in [-0.1, -0.05) is 24.3 Å². The van der Waals surface area contributed by atoms with E-state index in [0.717, 1.165) is 16.8 Å². The summed E-state index contributed by atoms with van der Waals surface area (Å²) in [6.45, 7) is 0.163. The van der Waals surface area contributed by atoms with Crippen LogP contribution >= 0.6 is 0 Å². The molecule has 0 aromatic heterocycles. The molecule has 1 aliphatic rings. The molecule has 6 heteroatoms. The third kappa shape index (κ3) is 3.56. The van der Waals surface area contributed by atoms with E-state index in [1.54, 1.807) is 6.07 Å². The van der Waals surface area contributed by atoms with Gasteiger partial charge in [-0.15, -0.1) is 0 Å². The number of allylic oxidation sites excluding steroid dienone is 1. The first-order valence-electron chi connectivity index (χ1n) is 8.35. The minimum atomic E-state index is -0.611. The molecule has 0 spiro atoms. The molecule has 136 valence electrons. The molecular formula is C20H21NO5. The van der Waals surface area contributed by atoms with Gasteiger partial charge in [0.15, 0.2) is 17.3 Å². The van der Waals surface area contributed by atoms with Gasteiger partial charge in [0, 0.05) is 18.2 Å². The molecule has 2 unspecified atom stereocenters. The molecule has 0 saturated heterocycles. The summed E-state index contributed by atoms with van der Waals surface area (Å²) in [5.74, 6) is -1.51. The van der Waals surface area contributed by atoms with Crippen LogP contribution in [0.25, 0.3) is 6.08 Å². The number of hydrogen-bond donors (Lipinski definition) is 5. The Hall–Kier alpha value is -2.83. The van der Waals surface area contributed by atoms with Crippen LogP contribution in [-0.2, 0) is 11.4 Å². The molecule has 3 rings (SSSR count). The number of aliphatic hydroxyl groups is 2. The number of benzene rings is 2. The summed E-state index contributed by atoms with van der Waals surface area (Å²) in [7, 11) is 0. The summed E-state index contributed by atoms with van der Waals surface area (Å²) in [6.07, 6.45) is 2.91. The number of hydrogen-bond acceptors (Lipinski definition) is 6. The molecule has 0 bridgehead atoms. The number of carbonyl (C=O) groups is 1. The van der Waals surface area contributed by atoms with Crippen molar-refractivity contribution < 1.29 is 25.2 Å². The highest BCUT2D eigenvalue weighted by molar-refractivity contribution is 5.96. The van der Waals surface area contributed by atoms with Crippen molar-refractivity contribution in [3.8, 4) is 11.5 Å². The molecule has 0 aliphatic carbocycles. The zero-order valence-corrected chi connectivity index (χ0v) is 14.1. The van der Waals surface area contributed by atoms with E-state index < -0.39 is 5.92 Å². The van der Waals surface area contributed by atoms with Crippen LogP contribution < -0.4 is 5.32 Å². The summed E-state index contributed by atoms with van der Waals surface area (Å²) in [6, 6.07) is 9.82. The second-order valence-electron chi connectivity index (χ2n) is 6.34. The summed E-state index contributed by atoms with van der Waals surface area (Å²) in [5.41, 5.74) is 3.15. The summed E-state index contributed by atoms with van der Waals surface area (Å²) < 4.78 is 0. The molecule has 2 aromatic rings. The average molecular weight is 355 g/mol. The van der Waals surface area contributed by atoms with Crippen LogP contribution in [0.3, 0.4) is 0 Å². The molecule has 0 radical (unpaired) electrons. The molecule has 1 aliphatic heterocycles. The third-order valence-electron chi connectivity index (χ3n) is 4.70. The van der Waals surface area contributed by atoms with Crippen molar-refractivity contribution in [2.75, 3.05) is 18.5 Å². The van der Waals surface area contributed by atoms with Gasteiger partial charge < -0.3 is 25.7 Å². The van der Waals surface area contributed by atoms with Crippen molar-refractivity contribution in [1.82, 2.24) is 0 Å². The standard InChI is InChI=1S/C20H21NO5/c22-10-13-1-4-17-14(7-13)15(9-21-17)16(11-23)18(24)5-2-12-3-6-19(25)20(26)8-12/h1-8,15-16,21-23,25-26H,9-11H2/b5-2+. The van der Waals surface area contributed by atoms with Crippen molar-refractivity contribution in [3.05, 3.63) is 59.2 Å². The van der Waals surface area contributed by atoms with E-state index in [4.69, 9.17) is 0 Å². The predicted molar refractivity (Wildman–Crippen MR) is 98.0 cm³/mol. The number of phenols is 2. The van der Waals surface area contributed by atoms with Crippen molar-refractivity contribution in [3.63, 3.8) is 0 Å². The molecule has 0 amide bonds. The Bertz CT molecular complexity index is 846. The minimum absolute atomic E-state index is 0.0814. The first-order chi connectivity index (χ1) is 12.5. The van der Waals surface area contributed by atoms with Crippen molar-refractivity contribution in [2.45, 2.75) is 12.5 Å². The Balaban J connectivity index is 1.80. The van der Waals surface area contributed by atoms with Crippen LogP contribution in [0, 0.1) is 5.92 Å². The Morgan fingerprint density at radius 1 is 1.15 bits per heavy atom. The van der Waals surface area contributed by atoms with E-state index >= 15 is 0 Å². The quantitative estimate of drug-likeness (QED) is 0.400. The second-order valence-corrected chi connectivity index (χ2v) is 6.34. The van der Waals surface area contributed by atoms with Crippen LogP contribution in [-0.4, -0.2) is 39.4 Å². The van der Waals surface area contributed by atoms with Gasteiger partial charge >= 0.3 is 0 Å². The lowest BCUT2D eigenvalue weighted by molar-refractivity contribution is -0.119. The fraction of sp³-hybridized carbons (Fsp3) is 0.250. The Morgan fingerprint density at radius 3 is 2.65 bits per heavy atom. The summed E-state index contributed by atoms with van der Waals surface area (Å²) >= 11 is 0. The van der Waals surface area contributed by atoms with Gasteiger partial charge in [-0.2, -0.15) is 0 Å². The number of rotatable bonds is 6. The van der Waals surface area contributed by atoms with Crippen LogP contribution in [0.15, 0.2) is 42.5 Å². The molecule has 2 aromatic carbocycles. The topological polar surface area (TPSA) is 110 Å². The lowest BCUT2D eigenvalue weighted by Crippen LogP contribution is -2.26. The largest absolute Gasteiger partial charge is 0.504 e. The highest BCUT2D eigenvalue weighted by Gasteiger charge is 2.33. The maximum atomic E-state index is 12.6. The smallest absolute Gasteiger partial charge is 0.161 e. The van der Waals surface area contributed by atoms with E-state index in [2.05, 4.69) is 5.32 Å². The van der Waals surface area contributed by atoms with Gasteiger partial charge in [0.2, 0.25) is 0 Å². The fourth-order valence-corrected chi connectivity index (χ4v) is 3.23. The number of fused-ring (bicyclic) bond motifs is 1. The number of aliphatic hydroxyl groups excluding tert-OH is 2. The lowest BCUT2D eigenvalue weighted by atomic mass is 9.84. The number of anilines is 1. The molecule has 0 saturated carbocycles. The van der Waals surface area contributed by atoms with Gasteiger partial charge in [-0.05, 0) is 41.0 Å². The zero-order chi connectivity index (χ0) is 18.7. The number of nitrogens with one attached hydrogen (secondary N) is 1. The second kappa shape index (κ2) is 7.59. The van der Waals surface area contributed by atoms with E-state index in [1.165, 1.54) is 24.3 Å². The maximum Gasteiger partial charge on any atom is 0.161 e. The number of phenolic OH excluding ortho intramolecular Hbond substituents is 2.